The zero-order chi connectivity index (χ0) is 15.2. The molecule has 2 N–H and O–H groups in total. The Morgan fingerprint density at radius 3 is 2.57 bits per heavy atom. The molecule has 0 aromatic heterocycles. The van der Waals surface area contributed by atoms with E-state index >= 15 is 0 Å². The third kappa shape index (κ3) is 4.41. The molecule has 2 unspecified atom stereocenters. The number of rotatable bonds is 8. The maximum atomic E-state index is 9.71. The Labute approximate surface area is 128 Å². The second kappa shape index (κ2) is 8.11. The second-order valence-electron chi connectivity index (χ2n) is 6.40. The zero-order valence-electron chi connectivity index (χ0n) is 13.3. The van der Waals surface area contributed by atoms with Crippen LogP contribution in [0.5, 0.6) is 0 Å². The van der Waals surface area contributed by atoms with E-state index in [1.54, 1.807) is 0 Å². The standard InChI is InChI=1S/C18H30O3/c1-3-13(19)7-5-6-8-15-16(10-9-14(20)4-2)18-12-11-17(15)21-18/h5-6,9-10,13-20H,3-4,7-8,11-12H2,1-2H3/t13-,14?,15-,16?,17-,18+/m1/s1. The molecule has 0 amide bonds. The highest BCUT2D eigenvalue weighted by Gasteiger charge is 2.46. The minimum absolute atomic E-state index is 0.215. The number of fused-ring (bicyclic) bond motifs is 2. The molecule has 2 aliphatic heterocycles. The Hall–Kier alpha value is -0.640. The molecule has 2 heterocycles. The average Bonchev–Trinajstić information content (AvgIpc) is 3.10. The van der Waals surface area contributed by atoms with Crippen LogP contribution in [0.1, 0.15) is 52.4 Å². The molecule has 21 heavy (non-hydrogen) atoms. The van der Waals surface area contributed by atoms with E-state index in [2.05, 4.69) is 18.2 Å². The Morgan fingerprint density at radius 2 is 1.86 bits per heavy atom. The molecule has 2 rings (SSSR count). The molecule has 0 spiro atoms. The first-order valence-electron chi connectivity index (χ1n) is 8.50. The molecule has 0 saturated carbocycles. The van der Waals surface area contributed by atoms with E-state index < -0.39 is 0 Å². The van der Waals surface area contributed by atoms with Gasteiger partial charge >= 0.3 is 0 Å². The quantitative estimate of drug-likeness (QED) is 0.676. The van der Waals surface area contributed by atoms with Crippen LogP contribution in [0.3, 0.4) is 0 Å². The van der Waals surface area contributed by atoms with Crippen molar-refractivity contribution >= 4 is 0 Å². The second-order valence-corrected chi connectivity index (χ2v) is 6.40. The molecule has 3 nitrogen and oxygen atoms in total. The van der Waals surface area contributed by atoms with Crippen LogP contribution in [0.2, 0.25) is 0 Å². The summed E-state index contributed by atoms with van der Waals surface area (Å²) < 4.78 is 6.05. The number of aliphatic hydroxyl groups is 2. The van der Waals surface area contributed by atoms with Gasteiger partial charge in [-0.15, -0.1) is 0 Å². The van der Waals surface area contributed by atoms with Gasteiger partial charge in [0.15, 0.2) is 0 Å². The van der Waals surface area contributed by atoms with E-state index in [4.69, 9.17) is 4.74 Å². The van der Waals surface area contributed by atoms with E-state index in [-0.39, 0.29) is 12.2 Å². The van der Waals surface area contributed by atoms with Crippen molar-refractivity contribution in [2.75, 3.05) is 0 Å². The normalized spacial score (nSPS) is 35.0. The van der Waals surface area contributed by atoms with Gasteiger partial charge in [-0.25, -0.2) is 0 Å². The van der Waals surface area contributed by atoms with Crippen LogP contribution in [0.15, 0.2) is 24.3 Å². The molecule has 0 aromatic rings. The monoisotopic (exact) mass is 294 g/mol. The first-order chi connectivity index (χ1) is 10.2. The molecule has 2 aliphatic rings. The van der Waals surface area contributed by atoms with Gasteiger partial charge in [-0.05, 0) is 44.4 Å². The van der Waals surface area contributed by atoms with E-state index in [1.165, 1.54) is 6.42 Å². The van der Waals surface area contributed by atoms with Gasteiger partial charge < -0.3 is 14.9 Å². The van der Waals surface area contributed by atoms with Gasteiger partial charge in [0.05, 0.1) is 24.4 Å². The summed E-state index contributed by atoms with van der Waals surface area (Å²) in [7, 11) is 0. The van der Waals surface area contributed by atoms with Gasteiger partial charge in [-0.1, -0.05) is 38.2 Å². The van der Waals surface area contributed by atoms with Gasteiger partial charge in [0, 0.05) is 5.92 Å². The lowest BCUT2D eigenvalue weighted by Gasteiger charge is -2.24. The fourth-order valence-corrected chi connectivity index (χ4v) is 3.45. The molecule has 0 radical (unpaired) electrons. The van der Waals surface area contributed by atoms with Crippen LogP contribution in [0, 0.1) is 11.8 Å². The van der Waals surface area contributed by atoms with Gasteiger partial charge in [-0.3, -0.25) is 0 Å². The maximum absolute atomic E-state index is 9.71. The Kier molecular flexibility index (Phi) is 6.46. The highest BCUT2D eigenvalue weighted by Crippen LogP contribution is 2.45. The summed E-state index contributed by atoms with van der Waals surface area (Å²) in [5.74, 6) is 0.963. The van der Waals surface area contributed by atoms with Crippen molar-refractivity contribution in [2.45, 2.75) is 76.8 Å². The fourth-order valence-electron chi connectivity index (χ4n) is 3.45. The summed E-state index contributed by atoms with van der Waals surface area (Å²) in [4.78, 5) is 0. The molecule has 2 saturated heterocycles. The van der Waals surface area contributed by atoms with Crippen molar-refractivity contribution in [1.82, 2.24) is 0 Å². The number of ether oxygens (including phenoxy) is 1. The van der Waals surface area contributed by atoms with Gasteiger partial charge in [0.25, 0.3) is 0 Å². The summed E-state index contributed by atoms with van der Waals surface area (Å²) in [6.45, 7) is 3.99. The largest absolute Gasteiger partial charge is 0.393 e. The van der Waals surface area contributed by atoms with E-state index in [0.717, 1.165) is 32.1 Å². The number of aliphatic hydroxyl groups excluding tert-OH is 2. The fraction of sp³-hybridized carbons (Fsp3) is 0.778. The number of hydrogen-bond acceptors (Lipinski definition) is 3. The number of hydrogen-bond donors (Lipinski definition) is 2. The van der Waals surface area contributed by atoms with Crippen molar-refractivity contribution in [3.8, 4) is 0 Å². The van der Waals surface area contributed by atoms with E-state index in [0.29, 0.717) is 24.0 Å². The van der Waals surface area contributed by atoms with Crippen LogP contribution in [0.4, 0.5) is 0 Å². The van der Waals surface area contributed by atoms with E-state index in [1.807, 2.05) is 19.9 Å². The van der Waals surface area contributed by atoms with Crippen molar-refractivity contribution in [3.05, 3.63) is 24.3 Å². The Bertz CT molecular complexity index is 363. The van der Waals surface area contributed by atoms with E-state index in [9.17, 15) is 10.2 Å². The summed E-state index contributed by atoms with van der Waals surface area (Å²) in [6, 6.07) is 0. The summed E-state index contributed by atoms with van der Waals surface area (Å²) in [5.41, 5.74) is 0. The molecule has 0 aliphatic carbocycles. The number of allylic oxidation sites excluding steroid dienone is 1. The first-order valence-corrected chi connectivity index (χ1v) is 8.50. The molecule has 2 fully saturated rings. The smallest absolute Gasteiger partial charge is 0.0718 e. The molecule has 3 heteroatoms. The molecule has 2 bridgehead atoms. The third-order valence-electron chi connectivity index (χ3n) is 4.91. The molecule has 120 valence electrons. The van der Waals surface area contributed by atoms with Crippen molar-refractivity contribution in [3.63, 3.8) is 0 Å². The first kappa shape index (κ1) is 16.7. The van der Waals surface area contributed by atoms with Crippen LogP contribution < -0.4 is 0 Å². The van der Waals surface area contributed by atoms with Crippen LogP contribution >= 0.6 is 0 Å². The predicted octanol–water partition coefficient (Wildman–Crippen LogP) is 3.21. The van der Waals surface area contributed by atoms with Crippen molar-refractivity contribution in [1.29, 1.82) is 0 Å². The van der Waals surface area contributed by atoms with Crippen LogP contribution in [0.25, 0.3) is 0 Å². The Morgan fingerprint density at radius 1 is 1.10 bits per heavy atom. The summed E-state index contributed by atoms with van der Waals surface area (Å²) in [6.07, 6.45) is 14.2. The maximum Gasteiger partial charge on any atom is 0.0718 e. The lowest BCUT2D eigenvalue weighted by Crippen LogP contribution is -2.25. The highest BCUT2D eigenvalue weighted by molar-refractivity contribution is 5.08. The van der Waals surface area contributed by atoms with Gasteiger partial charge in [0.1, 0.15) is 0 Å². The predicted molar refractivity (Wildman–Crippen MR) is 85.0 cm³/mol. The highest BCUT2D eigenvalue weighted by atomic mass is 16.5. The SMILES string of the molecule is CCC(O)C=CC1[C@@H]2CC[C@@H](O2)[C@@H]1CC=CC[C@H](O)CC. The lowest BCUT2D eigenvalue weighted by atomic mass is 9.77. The minimum atomic E-state index is -0.333. The third-order valence-corrected chi connectivity index (χ3v) is 4.91. The average molecular weight is 294 g/mol. The lowest BCUT2D eigenvalue weighted by molar-refractivity contribution is 0.0899. The molecule has 0 aromatic carbocycles. The van der Waals surface area contributed by atoms with Crippen molar-refractivity contribution in [2.24, 2.45) is 11.8 Å². The van der Waals surface area contributed by atoms with Crippen LogP contribution in [-0.2, 0) is 4.74 Å². The topological polar surface area (TPSA) is 49.7 Å². The van der Waals surface area contributed by atoms with Gasteiger partial charge in [-0.2, -0.15) is 0 Å². The van der Waals surface area contributed by atoms with Crippen molar-refractivity contribution < 1.29 is 14.9 Å². The molecular formula is C18H30O3. The zero-order valence-corrected chi connectivity index (χ0v) is 13.3. The molecular weight excluding hydrogens is 264 g/mol. The van der Waals surface area contributed by atoms with Gasteiger partial charge in [0.2, 0.25) is 0 Å². The summed E-state index contributed by atoms with van der Waals surface area (Å²) >= 11 is 0. The molecule has 6 atom stereocenters. The summed E-state index contributed by atoms with van der Waals surface area (Å²) in [5, 5.41) is 19.3. The minimum Gasteiger partial charge on any atom is -0.393 e. The van der Waals surface area contributed by atoms with Crippen LogP contribution in [-0.4, -0.2) is 34.6 Å². The Balaban J connectivity index is 1.88.